The van der Waals surface area contributed by atoms with Crippen LogP contribution in [0.1, 0.15) is 45.5 Å². The molecule has 6 aromatic rings. The summed E-state index contributed by atoms with van der Waals surface area (Å²) >= 11 is 12.8. The minimum Gasteiger partial charge on any atom is -0.308 e. The largest absolute Gasteiger partial charge is 0.308 e. The van der Waals surface area contributed by atoms with E-state index in [4.69, 9.17) is 23.2 Å². The van der Waals surface area contributed by atoms with Gasteiger partial charge in [0.25, 0.3) is 0 Å². The number of likely N-dealkylation sites (N-methyl/N-ethyl adjacent to an activating group) is 1. The first-order valence-electron chi connectivity index (χ1n) is 19.5. The highest BCUT2D eigenvalue weighted by Gasteiger charge is 2.25. The van der Waals surface area contributed by atoms with Gasteiger partial charge in [0.1, 0.15) is 0 Å². The number of nitrogens with zero attached hydrogens (tertiary/aromatic N) is 3. The predicted octanol–water partition coefficient (Wildman–Crippen LogP) is 11.3. The fraction of sp³-hybridized carbons (Fsp3) is 0.265. The number of benzene rings is 6. The molecule has 55 heavy (non-hydrogen) atoms. The number of nitrogens with one attached hydrogen (secondary N) is 1. The molecule has 0 bridgehead atoms. The van der Waals surface area contributed by atoms with Crippen molar-refractivity contribution in [2.45, 2.75) is 39.0 Å². The Kier molecular flexibility index (Phi) is 13.2. The predicted molar refractivity (Wildman–Crippen MR) is 233 cm³/mol. The van der Waals surface area contributed by atoms with Crippen LogP contribution in [-0.4, -0.2) is 61.0 Å². The van der Waals surface area contributed by atoms with Crippen LogP contribution in [0.5, 0.6) is 0 Å². The zero-order valence-corrected chi connectivity index (χ0v) is 33.8. The fourth-order valence-corrected chi connectivity index (χ4v) is 8.24. The lowest BCUT2D eigenvalue weighted by Gasteiger charge is -2.39. The number of rotatable bonds is 8. The number of hydrogen-bond donors (Lipinski definition) is 1. The molecule has 0 aliphatic carbocycles. The van der Waals surface area contributed by atoms with Crippen LogP contribution in [0.25, 0.3) is 22.3 Å². The zero-order valence-electron chi connectivity index (χ0n) is 32.3. The van der Waals surface area contributed by atoms with Crippen LogP contribution in [0.4, 0.5) is 0 Å². The van der Waals surface area contributed by atoms with E-state index in [2.05, 4.69) is 168 Å². The molecule has 0 spiro atoms. The third kappa shape index (κ3) is 10.3. The van der Waals surface area contributed by atoms with E-state index in [1.54, 1.807) is 0 Å². The molecule has 2 aliphatic rings. The number of hydrogen-bond acceptors (Lipinski definition) is 4. The molecule has 2 unspecified atom stereocenters. The number of piperazine rings is 2. The third-order valence-corrected chi connectivity index (χ3v) is 11.6. The molecule has 1 N–H and O–H groups in total. The fourth-order valence-electron chi connectivity index (χ4n) is 7.79. The van der Waals surface area contributed by atoms with Gasteiger partial charge < -0.3 is 5.32 Å². The van der Waals surface area contributed by atoms with Gasteiger partial charge in [0.2, 0.25) is 0 Å². The van der Waals surface area contributed by atoms with Crippen LogP contribution >= 0.6 is 23.2 Å². The molecule has 6 heteroatoms. The highest BCUT2D eigenvalue weighted by atomic mass is 35.5. The maximum atomic E-state index is 6.40. The lowest BCUT2D eigenvalue weighted by Crippen LogP contribution is -2.46. The first kappa shape index (κ1) is 39.0. The molecule has 2 fully saturated rings. The highest BCUT2D eigenvalue weighted by Crippen LogP contribution is 2.31. The van der Waals surface area contributed by atoms with Crippen molar-refractivity contribution in [3.05, 3.63) is 189 Å². The summed E-state index contributed by atoms with van der Waals surface area (Å²) in [5, 5.41) is 5.25. The lowest BCUT2D eigenvalue weighted by atomic mass is 10.0. The molecule has 4 nitrogen and oxygen atoms in total. The summed E-state index contributed by atoms with van der Waals surface area (Å²) in [6.45, 7) is 12.6. The number of halogens is 2. The Morgan fingerprint density at radius 3 is 1.56 bits per heavy atom. The number of aryl methyl sites for hydroxylation is 2. The van der Waals surface area contributed by atoms with Gasteiger partial charge in [-0.1, -0.05) is 156 Å². The Morgan fingerprint density at radius 1 is 0.545 bits per heavy atom. The highest BCUT2D eigenvalue weighted by molar-refractivity contribution is 6.33. The Bertz CT molecular complexity index is 2120. The molecule has 0 saturated carbocycles. The lowest BCUT2D eigenvalue weighted by molar-refractivity contribution is 0.0905. The zero-order chi connectivity index (χ0) is 38.1. The maximum Gasteiger partial charge on any atom is 0.0484 e. The molecule has 2 aliphatic heterocycles. The monoisotopic (exact) mass is 766 g/mol. The van der Waals surface area contributed by atoms with Gasteiger partial charge in [-0.2, -0.15) is 0 Å². The Morgan fingerprint density at radius 2 is 1.04 bits per heavy atom. The second kappa shape index (κ2) is 18.6. The molecule has 6 aromatic carbocycles. The Hall–Kier alpha value is -4.26. The van der Waals surface area contributed by atoms with Crippen LogP contribution < -0.4 is 5.32 Å². The van der Waals surface area contributed by atoms with E-state index in [0.29, 0.717) is 12.1 Å². The van der Waals surface area contributed by atoms with E-state index < -0.39 is 0 Å². The van der Waals surface area contributed by atoms with Crippen molar-refractivity contribution in [1.82, 2.24) is 20.0 Å². The van der Waals surface area contributed by atoms with Gasteiger partial charge in [0, 0.05) is 85.6 Å². The van der Waals surface area contributed by atoms with Crippen molar-refractivity contribution in [2.75, 3.05) is 46.3 Å². The van der Waals surface area contributed by atoms with E-state index in [1.807, 2.05) is 18.2 Å². The molecule has 0 amide bonds. The van der Waals surface area contributed by atoms with Crippen molar-refractivity contribution in [3.8, 4) is 22.3 Å². The quantitative estimate of drug-likeness (QED) is 0.166. The Labute approximate surface area is 338 Å². The van der Waals surface area contributed by atoms with Crippen molar-refractivity contribution in [3.63, 3.8) is 0 Å². The summed E-state index contributed by atoms with van der Waals surface area (Å²) in [6, 6.07) is 52.5. The molecule has 2 heterocycles. The van der Waals surface area contributed by atoms with Gasteiger partial charge in [-0.15, -0.1) is 0 Å². The standard InChI is InChI=1S/C25H27ClN2.C24H25ClN2/c1-19-8-13-24(26)23(16-19)21-11-9-20(10-12-21)17-28-15-14-27(2)25(18-28)22-6-4-3-5-7-22;1-18-7-12-23(25)22(15-18)20-10-8-19(9-11-20)16-27-14-13-26-24(17-27)21-5-3-2-4-6-21/h3-13,16,25H,14-15,17-18H2,1-2H3;2-12,15,24,26H,13-14,16-17H2,1H3. The summed E-state index contributed by atoms with van der Waals surface area (Å²) in [5.41, 5.74) is 12.5. The van der Waals surface area contributed by atoms with E-state index in [0.717, 1.165) is 73.5 Å². The van der Waals surface area contributed by atoms with Crippen LogP contribution in [-0.2, 0) is 13.1 Å². The average molecular weight is 768 g/mol. The van der Waals surface area contributed by atoms with Crippen LogP contribution in [0, 0.1) is 13.8 Å². The minimum absolute atomic E-state index is 0.408. The first-order valence-corrected chi connectivity index (χ1v) is 20.2. The topological polar surface area (TPSA) is 21.8 Å². The SMILES string of the molecule is Cc1ccc(Cl)c(-c2ccc(CN3CCN(C)C(c4ccccc4)C3)cc2)c1.Cc1ccc(Cl)c(-c2ccc(CN3CCNC(c4ccccc4)C3)cc2)c1. The second-order valence-electron chi connectivity index (χ2n) is 15.2. The van der Waals surface area contributed by atoms with Gasteiger partial charge in [0.05, 0.1) is 0 Å². The molecule has 2 atom stereocenters. The van der Waals surface area contributed by atoms with E-state index in [9.17, 15) is 0 Å². The maximum absolute atomic E-state index is 6.40. The second-order valence-corrected chi connectivity index (χ2v) is 16.0. The van der Waals surface area contributed by atoms with Gasteiger partial charge in [-0.05, 0) is 78.5 Å². The summed E-state index contributed by atoms with van der Waals surface area (Å²) in [6.07, 6.45) is 0. The van der Waals surface area contributed by atoms with Crippen LogP contribution in [0.3, 0.4) is 0 Å². The van der Waals surface area contributed by atoms with Gasteiger partial charge in [0.15, 0.2) is 0 Å². The summed E-state index contributed by atoms with van der Waals surface area (Å²) in [4.78, 5) is 7.56. The van der Waals surface area contributed by atoms with Crippen LogP contribution in [0.2, 0.25) is 10.0 Å². The molecule has 2 saturated heterocycles. The van der Waals surface area contributed by atoms with E-state index >= 15 is 0 Å². The molecular weight excluding hydrogens is 715 g/mol. The third-order valence-electron chi connectivity index (χ3n) is 11.0. The Balaban J connectivity index is 0.000000169. The summed E-state index contributed by atoms with van der Waals surface area (Å²) < 4.78 is 0. The van der Waals surface area contributed by atoms with Crippen molar-refractivity contribution < 1.29 is 0 Å². The van der Waals surface area contributed by atoms with Gasteiger partial charge in [-0.3, -0.25) is 14.7 Å². The van der Waals surface area contributed by atoms with Gasteiger partial charge in [-0.25, -0.2) is 0 Å². The molecule has 282 valence electrons. The van der Waals surface area contributed by atoms with E-state index in [-0.39, 0.29) is 0 Å². The molecule has 8 rings (SSSR count). The smallest absolute Gasteiger partial charge is 0.0484 e. The van der Waals surface area contributed by atoms with Crippen molar-refractivity contribution in [2.24, 2.45) is 0 Å². The van der Waals surface area contributed by atoms with Crippen LogP contribution in [0.15, 0.2) is 146 Å². The summed E-state index contributed by atoms with van der Waals surface area (Å²) in [5.74, 6) is 0. The summed E-state index contributed by atoms with van der Waals surface area (Å²) in [7, 11) is 2.23. The van der Waals surface area contributed by atoms with Crippen molar-refractivity contribution >= 4 is 23.2 Å². The molecular formula is C49H52Cl2N4. The average Bonchev–Trinajstić information content (AvgIpc) is 3.22. The molecule has 0 aromatic heterocycles. The normalized spacial score (nSPS) is 18.1. The van der Waals surface area contributed by atoms with Crippen molar-refractivity contribution in [1.29, 1.82) is 0 Å². The molecule has 0 radical (unpaired) electrons. The first-order chi connectivity index (χ1) is 26.8. The van der Waals surface area contributed by atoms with E-state index in [1.165, 1.54) is 44.5 Å². The van der Waals surface area contributed by atoms with Gasteiger partial charge >= 0.3 is 0 Å². The minimum atomic E-state index is 0.408.